The van der Waals surface area contributed by atoms with Crippen LogP contribution in [0, 0.1) is 0 Å². The molecule has 0 aliphatic heterocycles. The van der Waals surface area contributed by atoms with E-state index in [9.17, 15) is 0 Å². The number of aliphatic imine (C=N–C) groups is 1. The van der Waals surface area contributed by atoms with Gasteiger partial charge >= 0.3 is 0 Å². The molecule has 0 spiro atoms. The maximum atomic E-state index is 5.64. The number of hydrogen-bond donors (Lipinski definition) is 2. The molecule has 1 aromatic rings. The highest BCUT2D eigenvalue weighted by molar-refractivity contribution is 14.0. The van der Waals surface area contributed by atoms with Crippen LogP contribution in [0.1, 0.15) is 18.9 Å². The Hall–Kier alpha value is -1.28. The number of benzene rings is 1. The van der Waals surface area contributed by atoms with Crippen molar-refractivity contribution in [2.75, 3.05) is 33.4 Å². The molecule has 0 aliphatic carbocycles. The van der Waals surface area contributed by atoms with Gasteiger partial charge in [-0.1, -0.05) is 30.9 Å². The van der Waals surface area contributed by atoms with Gasteiger partial charge in [0.05, 0.1) is 0 Å². The van der Waals surface area contributed by atoms with Crippen LogP contribution in [0.3, 0.4) is 0 Å². The molecule has 2 N–H and O–H groups in total. The van der Waals surface area contributed by atoms with E-state index in [4.69, 9.17) is 9.47 Å². The second kappa shape index (κ2) is 14.3. The zero-order valence-electron chi connectivity index (χ0n) is 14.0. The average molecular weight is 433 g/mol. The predicted octanol–water partition coefficient (Wildman–Crippen LogP) is 2.96. The van der Waals surface area contributed by atoms with Crippen molar-refractivity contribution in [1.29, 1.82) is 0 Å². The summed E-state index contributed by atoms with van der Waals surface area (Å²) in [7, 11) is 1.76. The average Bonchev–Trinajstić information content (AvgIpc) is 2.56. The van der Waals surface area contributed by atoms with Crippen molar-refractivity contribution < 1.29 is 9.47 Å². The van der Waals surface area contributed by atoms with Crippen molar-refractivity contribution in [3.63, 3.8) is 0 Å². The largest absolute Gasteiger partial charge is 0.489 e. The summed E-state index contributed by atoms with van der Waals surface area (Å²) in [6.07, 6.45) is 2.69. The monoisotopic (exact) mass is 433 g/mol. The van der Waals surface area contributed by atoms with Gasteiger partial charge in [-0.25, -0.2) is 0 Å². The van der Waals surface area contributed by atoms with Crippen molar-refractivity contribution in [3.8, 4) is 5.75 Å². The minimum Gasteiger partial charge on any atom is -0.489 e. The lowest BCUT2D eigenvalue weighted by atomic mass is 10.2. The van der Waals surface area contributed by atoms with E-state index in [0.29, 0.717) is 13.2 Å². The van der Waals surface area contributed by atoms with Crippen LogP contribution in [0.15, 0.2) is 41.9 Å². The van der Waals surface area contributed by atoms with Gasteiger partial charge < -0.3 is 20.1 Å². The van der Waals surface area contributed by atoms with E-state index >= 15 is 0 Å². The molecule has 0 bridgehead atoms. The SMILES string of the molecule is C=CCOc1ccccc1CNC(=NC)NCCCOCC.I. The Balaban J connectivity index is 0.00000484. The number of halogens is 1. The summed E-state index contributed by atoms with van der Waals surface area (Å²) in [5, 5.41) is 6.55. The highest BCUT2D eigenvalue weighted by Gasteiger charge is 2.03. The quantitative estimate of drug-likeness (QED) is 0.196. The lowest BCUT2D eigenvalue weighted by Gasteiger charge is -2.14. The Labute approximate surface area is 156 Å². The summed E-state index contributed by atoms with van der Waals surface area (Å²) in [6.45, 7) is 9.17. The van der Waals surface area contributed by atoms with Crippen LogP contribution in [-0.4, -0.2) is 39.4 Å². The van der Waals surface area contributed by atoms with Gasteiger partial charge in [0.25, 0.3) is 0 Å². The molecule has 0 radical (unpaired) electrons. The minimum atomic E-state index is 0. The van der Waals surface area contributed by atoms with Gasteiger partial charge in [-0.2, -0.15) is 0 Å². The molecule has 0 heterocycles. The van der Waals surface area contributed by atoms with Gasteiger partial charge in [-0.15, -0.1) is 24.0 Å². The number of ether oxygens (including phenoxy) is 2. The minimum absolute atomic E-state index is 0. The lowest BCUT2D eigenvalue weighted by molar-refractivity contribution is 0.145. The first-order valence-corrected chi connectivity index (χ1v) is 7.65. The molecular formula is C17H28IN3O2. The van der Waals surface area contributed by atoms with Gasteiger partial charge in [0.1, 0.15) is 12.4 Å². The molecule has 0 saturated carbocycles. The topological polar surface area (TPSA) is 54.9 Å². The maximum Gasteiger partial charge on any atom is 0.191 e. The smallest absolute Gasteiger partial charge is 0.191 e. The molecular weight excluding hydrogens is 405 g/mol. The summed E-state index contributed by atoms with van der Waals surface area (Å²) in [6, 6.07) is 7.95. The number of nitrogens with zero attached hydrogens (tertiary/aromatic N) is 1. The molecule has 0 fully saturated rings. The first-order chi connectivity index (χ1) is 10.8. The maximum absolute atomic E-state index is 5.64. The molecule has 130 valence electrons. The predicted molar refractivity (Wildman–Crippen MR) is 107 cm³/mol. The van der Waals surface area contributed by atoms with Crippen LogP contribution in [-0.2, 0) is 11.3 Å². The normalized spacial score (nSPS) is 10.6. The third-order valence-corrected chi connectivity index (χ3v) is 2.96. The van der Waals surface area contributed by atoms with E-state index in [1.165, 1.54) is 0 Å². The van der Waals surface area contributed by atoms with Crippen LogP contribution in [0.2, 0.25) is 0 Å². The van der Waals surface area contributed by atoms with Crippen LogP contribution in [0.4, 0.5) is 0 Å². The number of rotatable bonds is 10. The molecule has 0 aliphatic rings. The second-order valence-corrected chi connectivity index (χ2v) is 4.61. The van der Waals surface area contributed by atoms with Gasteiger partial charge in [-0.3, -0.25) is 4.99 Å². The number of guanidine groups is 1. The van der Waals surface area contributed by atoms with E-state index in [0.717, 1.165) is 43.5 Å². The fraction of sp³-hybridized carbons (Fsp3) is 0.471. The lowest BCUT2D eigenvalue weighted by Crippen LogP contribution is -2.37. The number of hydrogen-bond acceptors (Lipinski definition) is 3. The Bertz CT molecular complexity index is 467. The van der Waals surface area contributed by atoms with E-state index in [1.54, 1.807) is 13.1 Å². The van der Waals surface area contributed by atoms with Gasteiger partial charge in [0, 0.05) is 38.9 Å². The van der Waals surface area contributed by atoms with E-state index in [2.05, 4.69) is 22.2 Å². The first-order valence-electron chi connectivity index (χ1n) is 7.65. The molecule has 0 unspecified atom stereocenters. The van der Waals surface area contributed by atoms with Crippen LogP contribution in [0.25, 0.3) is 0 Å². The van der Waals surface area contributed by atoms with E-state index < -0.39 is 0 Å². The fourth-order valence-corrected chi connectivity index (χ4v) is 1.86. The molecule has 0 aromatic heterocycles. The van der Waals surface area contributed by atoms with Gasteiger partial charge in [0.2, 0.25) is 0 Å². The van der Waals surface area contributed by atoms with Crippen LogP contribution in [0.5, 0.6) is 5.75 Å². The Morgan fingerprint density at radius 2 is 2.09 bits per heavy atom. The van der Waals surface area contributed by atoms with E-state index in [1.807, 2.05) is 31.2 Å². The molecule has 0 atom stereocenters. The zero-order chi connectivity index (χ0) is 16.0. The number of nitrogens with one attached hydrogen (secondary N) is 2. The van der Waals surface area contributed by atoms with Crippen LogP contribution >= 0.6 is 24.0 Å². The van der Waals surface area contributed by atoms with Crippen molar-refractivity contribution in [3.05, 3.63) is 42.5 Å². The van der Waals surface area contributed by atoms with Gasteiger partial charge in [-0.05, 0) is 19.4 Å². The molecule has 0 amide bonds. The second-order valence-electron chi connectivity index (χ2n) is 4.61. The summed E-state index contributed by atoms with van der Waals surface area (Å²) >= 11 is 0. The van der Waals surface area contributed by atoms with Crippen molar-refractivity contribution in [2.45, 2.75) is 19.9 Å². The van der Waals surface area contributed by atoms with Crippen LogP contribution < -0.4 is 15.4 Å². The van der Waals surface area contributed by atoms with Crippen molar-refractivity contribution in [2.24, 2.45) is 4.99 Å². The molecule has 1 rings (SSSR count). The molecule has 5 nitrogen and oxygen atoms in total. The molecule has 23 heavy (non-hydrogen) atoms. The summed E-state index contributed by atoms with van der Waals surface area (Å²) in [5.41, 5.74) is 1.08. The van der Waals surface area contributed by atoms with Crippen molar-refractivity contribution >= 4 is 29.9 Å². The zero-order valence-corrected chi connectivity index (χ0v) is 16.3. The Morgan fingerprint density at radius 3 is 2.78 bits per heavy atom. The van der Waals surface area contributed by atoms with E-state index in [-0.39, 0.29) is 24.0 Å². The molecule has 6 heteroatoms. The number of para-hydroxylation sites is 1. The summed E-state index contributed by atoms with van der Waals surface area (Å²) < 4.78 is 10.9. The Morgan fingerprint density at radius 1 is 1.30 bits per heavy atom. The summed E-state index contributed by atoms with van der Waals surface area (Å²) in [4.78, 5) is 4.21. The Kier molecular flexibility index (Phi) is 13.5. The third-order valence-electron chi connectivity index (χ3n) is 2.96. The third kappa shape index (κ3) is 9.45. The highest BCUT2D eigenvalue weighted by atomic mass is 127. The summed E-state index contributed by atoms with van der Waals surface area (Å²) in [5.74, 6) is 1.64. The van der Waals surface area contributed by atoms with Gasteiger partial charge in [0.15, 0.2) is 5.96 Å². The first kappa shape index (κ1) is 21.7. The highest BCUT2D eigenvalue weighted by Crippen LogP contribution is 2.17. The standard InChI is InChI=1S/C17H27N3O2.HI/c1-4-12-22-16-10-7-6-9-15(16)14-20-17(18-3)19-11-8-13-21-5-2;/h4,6-7,9-10H,1,5,8,11-14H2,2-3H3,(H2,18,19,20);1H. The molecule has 1 aromatic carbocycles. The fourth-order valence-electron chi connectivity index (χ4n) is 1.86. The van der Waals surface area contributed by atoms with Crippen molar-refractivity contribution in [1.82, 2.24) is 10.6 Å². The molecule has 0 saturated heterocycles.